The SMILES string of the molecule is CCC(CC(O)CC(C)OCC(O)COC(=O)C(C)CC(CCCC(=O)OCCOCCOC(=O)CCC(CC)N1CCCC1=O)N1CCCC1=O)OC(C)=O. The van der Waals surface area contributed by atoms with Gasteiger partial charge in [0, 0.05) is 64.2 Å². The van der Waals surface area contributed by atoms with Crippen molar-refractivity contribution in [2.45, 2.75) is 161 Å². The van der Waals surface area contributed by atoms with Crippen LogP contribution in [0.25, 0.3) is 0 Å². The molecule has 0 spiro atoms. The van der Waals surface area contributed by atoms with Crippen LogP contribution in [0.2, 0.25) is 0 Å². The molecule has 7 unspecified atom stereocenters. The van der Waals surface area contributed by atoms with E-state index in [1.165, 1.54) is 6.92 Å². The summed E-state index contributed by atoms with van der Waals surface area (Å²) in [5, 5.41) is 20.7. The number of hydrogen-bond acceptors (Lipinski definition) is 14. The summed E-state index contributed by atoms with van der Waals surface area (Å²) in [6.45, 7) is 10.0. The number of aliphatic hydroxyl groups excluding tert-OH is 2. The van der Waals surface area contributed by atoms with Crippen molar-refractivity contribution in [1.82, 2.24) is 9.80 Å². The van der Waals surface area contributed by atoms with E-state index in [1.54, 1.807) is 18.7 Å². The van der Waals surface area contributed by atoms with Crippen molar-refractivity contribution in [2.75, 3.05) is 52.7 Å². The molecule has 16 heteroatoms. The van der Waals surface area contributed by atoms with Crippen molar-refractivity contribution in [1.29, 1.82) is 0 Å². The van der Waals surface area contributed by atoms with E-state index in [-0.39, 0.29) is 101 Å². The third kappa shape index (κ3) is 19.7. The first-order chi connectivity index (χ1) is 26.7. The molecular formula is C40H68N2O14. The van der Waals surface area contributed by atoms with Crippen LogP contribution in [0.1, 0.15) is 125 Å². The average molecular weight is 801 g/mol. The normalized spacial score (nSPS) is 18.2. The molecule has 2 fully saturated rings. The second-order valence-electron chi connectivity index (χ2n) is 14.9. The molecule has 2 aliphatic heterocycles. The standard InChI is InChI=1S/C40H68N2O14/c1-6-31(41-17-9-12-36(41)46)15-16-39(49)53-22-20-51-19-21-52-38(48)14-8-11-32(42-18-10-13-37(42)47)23-28(3)40(50)55-27-34(45)26-54-29(4)24-33(44)25-35(7-2)56-30(5)43/h28-29,31-35,44-45H,6-27H2,1-5H3. The van der Waals surface area contributed by atoms with Crippen LogP contribution in [0.5, 0.6) is 0 Å². The van der Waals surface area contributed by atoms with Gasteiger partial charge in [-0.25, -0.2) is 0 Å². The van der Waals surface area contributed by atoms with Crippen LogP contribution >= 0.6 is 0 Å². The lowest BCUT2D eigenvalue weighted by molar-refractivity contribution is -0.154. The first-order valence-corrected chi connectivity index (χ1v) is 20.5. The van der Waals surface area contributed by atoms with Gasteiger partial charge in [-0.3, -0.25) is 28.8 Å². The molecule has 0 saturated carbocycles. The summed E-state index contributed by atoms with van der Waals surface area (Å²) >= 11 is 0. The molecule has 0 aliphatic carbocycles. The highest BCUT2D eigenvalue weighted by Gasteiger charge is 2.31. The van der Waals surface area contributed by atoms with Crippen molar-refractivity contribution >= 4 is 35.7 Å². The Morgan fingerprint density at radius 3 is 1.88 bits per heavy atom. The van der Waals surface area contributed by atoms with Crippen molar-refractivity contribution in [3.05, 3.63) is 0 Å². The van der Waals surface area contributed by atoms with E-state index in [0.717, 1.165) is 25.8 Å². The fourth-order valence-electron chi connectivity index (χ4n) is 7.07. The molecule has 0 aromatic rings. The van der Waals surface area contributed by atoms with Gasteiger partial charge >= 0.3 is 23.9 Å². The third-order valence-corrected chi connectivity index (χ3v) is 10.1. The van der Waals surface area contributed by atoms with Crippen LogP contribution in [0.3, 0.4) is 0 Å². The van der Waals surface area contributed by atoms with Crippen LogP contribution < -0.4 is 0 Å². The van der Waals surface area contributed by atoms with Crippen LogP contribution in [0, 0.1) is 5.92 Å². The number of likely N-dealkylation sites (tertiary alicyclic amines) is 2. The van der Waals surface area contributed by atoms with Gasteiger partial charge in [-0.2, -0.15) is 0 Å². The van der Waals surface area contributed by atoms with Gasteiger partial charge in [-0.15, -0.1) is 0 Å². The lowest BCUT2D eigenvalue weighted by Crippen LogP contribution is -2.39. The summed E-state index contributed by atoms with van der Waals surface area (Å²) in [7, 11) is 0. The summed E-state index contributed by atoms with van der Waals surface area (Å²) in [5.74, 6) is -2.09. The molecule has 16 nitrogen and oxygen atoms in total. The zero-order valence-electron chi connectivity index (χ0n) is 34.3. The quantitative estimate of drug-likeness (QED) is 0.0609. The predicted octanol–water partition coefficient (Wildman–Crippen LogP) is 3.25. The fourth-order valence-corrected chi connectivity index (χ4v) is 7.07. The average Bonchev–Trinajstić information content (AvgIpc) is 3.79. The lowest BCUT2D eigenvalue weighted by Gasteiger charge is -2.29. The first-order valence-electron chi connectivity index (χ1n) is 20.5. The minimum absolute atomic E-state index is 0.00750. The molecular weight excluding hydrogens is 732 g/mol. The molecule has 56 heavy (non-hydrogen) atoms. The van der Waals surface area contributed by atoms with E-state index >= 15 is 0 Å². The van der Waals surface area contributed by atoms with Gasteiger partial charge < -0.3 is 48.4 Å². The Bertz CT molecular complexity index is 1220. The van der Waals surface area contributed by atoms with Crippen LogP contribution in [0.4, 0.5) is 0 Å². The van der Waals surface area contributed by atoms with Crippen LogP contribution in [-0.2, 0) is 57.2 Å². The minimum atomic E-state index is -1.08. The topological polar surface area (TPSA) is 205 Å². The number of aliphatic hydroxyl groups is 2. The van der Waals surface area contributed by atoms with E-state index in [1.807, 2.05) is 18.7 Å². The van der Waals surface area contributed by atoms with Gasteiger partial charge in [-0.05, 0) is 64.7 Å². The molecule has 0 radical (unpaired) electrons. The van der Waals surface area contributed by atoms with E-state index in [9.17, 15) is 39.0 Å². The number of rotatable bonds is 30. The number of esters is 4. The Morgan fingerprint density at radius 1 is 0.714 bits per heavy atom. The summed E-state index contributed by atoms with van der Waals surface area (Å²) in [6, 6.07) is -0.218. The van der Waals surface area contributed by atoms with E-state index in [2.05, 4.69) is 0 Å². The fraction of sp³-hybridized carbons (Fsp3) is 0.850. The number of carbonyl (C=O) groups excluding carboxylic acids is 6. The Labute approximate surface area is 332 Å². The van der Waals surface area contributed by atoms with Crippen molar-refractivity contribution in [3.8, 4) is 0 Å². The van der Waals surface area contributed by atoms with Gasteiger partial charge in [0.25, 0.3) is 0 Å². The second kappa shape index (κ2) is 27.3. The molecule has 2 aliphatic rings. The third-order valence-electron chi connectivity index (χ3n) is 10.1. The molecule has 2 saturated heterocycles. The molecule has 0 aromatic heterocycles. The maximum Gasteiger partial charge on any atom is 0.308 e. The Morgan fingerprint density at radius 2 is 1.32 bits per heavy atom. The maximum atomic E-state index is 12.8. The molecule has 2 N–H and O–H groups in total. The van der Waals surface area contributed by atoms with Gasteiger partial charge in [0.05, 0.1) is 37.9 Å². The van der Waals surface area contributed by atoms with Crippen LogP contribution in [0.15, 0.2) is 0 Å². The zero-order chi connectivity index (χ0) is 41.5. The molecule has 2 heterocycles. The highest BCUT2D eigenvalue weighted by Crippen LogP contribution is 2.24. The van der Waals surface area contributed by atoms with Gasteiger partial charge in [0.2, 0.25) is 11.8 Å². The van der Waals surface area contributed by atoms with Crippen LogP contribution in [-0.4, -0.2) is 145 Å². The maximum absolute atomic E-state index is 12.8. The Hall–Kier alpha value is -3.34. The molecule has 0 bridgehead atoms. The summed E-state index contributed by atoms with van der Waals surface area (Å²) in [4.78, 5) is 76.8. The Balaban J connectivity index is 1.62. The molecule has 2 amide bonds. The second-order valence-corrected chi connectivity index (χ2v) is 14.9. The predicted molar refractivity (Wildman–Crippen MR) is 203 cm³/mol. The highest BCUT2D eigenvalue weighted by atomic mass is 16.6. The zero-order valence-corrected chi connectivity index (χ0v) is 34.3. The smallest absolute Gasteiger partial charge is 0.308 e. The molecule has 2 rings (SSSR count). The van der Waals surface area contributed by atoms with Crippen molar-refractivity contribution in [2.24, 2.45) is 5.92 Å². The van der Waals surface area contributed by atoms with Gasteiger partial charge in [0.1, 0.15) is 32.0 Å². The number of carbonyl (C=O) groups is 6. The largest absolute Gasteiger partial charge is 0.463 e. The van der Waals surface area contributed by atoms with E-state index in [0.29, 0.717) is 51.5 Å². The van der Waals surface area contributed by atoms with Gasteiger partial charge in [-0.1, -0.05) is 20.8 Å². The number of nitrogens with zero attached hydrogens (tertiary/aromatic N) is 2. The monoisotopic (exact) mass is 800 g/mol. The Kier molecular flexibility index (Phi) is 23.8. The number of hydrogen-bond donors (Lipinski definition) is 2. The molecule has 7 atom stereocenters. The lowest BCUT2D eigenvalue weighted by atomic mass is 9.96. The highest BCUT2D eigenvalue weighted by molar-refractivity contribution is 5.79. The minimum Gasteiger partial charge on any atom is -0.463 e. The van der Waals surface area contributed by atoms with Crippen molar-refractivity contribution in [3.63, 3.8) is 0 Å². The first kappa shape index (κ1) is 48.8. The van der Waals surface area contributed by atoms with E-state index in [4.69, 9.17) is 28.4 Å². The summed E-state index contributed by atoms with van der Waals surface area (Å²) in [5.41, 5.74) is 0. The number of amides is 2. The summed E-state index contributed by atoms with van der Waals surface area (Å²) in [6.07, 6.45) is 4.08. The van der Waals surface area contributed by atoms with Gasteiger partial charge in [0.15, 0.2) is 0 Å². The number of ether oxygens (including phenoxy) is 6. The molecule has 0 aromatic carbocycles. The van der Waals surface area contributed by atoms with E-state index < -0.39 is 42.1 Å². The molecule has 322 valence electrons. The summed E-state index contributed by atoms with van der Waals surface area (Å²) < 4.78 is 32.1. The van der Waals surface area contributed by atoms with Crippen molar-refractivity contribution < 1.29 is 67.4 Å².